The molecule has 0 fully saturated rings. The Labute approximate surface area is 125 Å². The molecule has 2 heterocycles. The highest BCUT2D eigenvalue weighted by Crippen LogP contribution is 2.38. The third kappa shape index (κ3) is 2.86. The number of amides is 1. The van der Waals surface area contributed by atoms with E-state index in [0.29, 0.717) is 40.5 Å². The molecule has 20 heavy (non-hydrogen) atoms. The van der Waals surface area contributed by atoms with Crippen LogP contribution in [0.2, 0.25) is 5.02 Å². The van der Waals surface area contributed by atoms with Crippen molar-refractivity contribution in [2.45, 2.75) is 6.42 Å². The molecule has 0 bridgehead atoms. The number of carbonyl (C=O) groups is 1. The lowest BCUT2D eigenvalue weighted by molar-refractivity contribution is 0.0977. The fourth-order valence-corrected chi connectivity index (χ4v) is 2.93. The van der Waals surface area contributed by atoms with Crippen LogP contribution in [0.3, 0.4) is 0 Å². The quantitative estimate of drug-likeness (QED) is 0.864. The van der Waals surface area contributed by atoms with Gasteiger partial charge in [0.05, 0.1) is 24.8 Å². The lowest BCUT2D eigenvalue weighted by Crippen LogP contribution is -2.27. The van der Waals surface area contributed by atoms with Crippen molar-refractivity contribution < 1.29 is 14.3 Å². The van der Waals surface area contributed by atoms with Gasteiger partial charge in [0.1, 0.15) is 0 Å². The standard InChI is InChI=1S/C13H13ClN2O3S/c14-9-6-8(12(17)16-13-15-2-5-20-13)7-10-11(9)19-4-1-3-18-10/h6-7H,1-5H2,(H,15,16,17). The van der Waals surface area contributed by atoms with Gasteiger partial charge in [-0.05, 0) is 12.1 Å². The molecule has 1 aromatic rings. The van der Waals surface area contributed by atoms with Crippen molar-refractivity contribution in [3.05, 3.63) is 22.7 Å². The van der Waals surface area contributed by atoms with Gasteiger partial charge < -0.3 is 14.8 Å². The number of amidine groups is 1. The summed E-state index contributed by atoms with van der Waals surface area (Å²) in [6.07, 6.45) is 0.792. The van der Waals surface area contributed by atoms with Crippen molar-refractivity contribution >= 4 is 34.4 Å². The second kappa shape index (κ2) is 5.93. The van der Waals surface area contributed by atoms with Crippen LogP contribution in [0, 0.1) is 0 Å². The number of hydrogen-bond acceptors (Lipinski definition) is 5. The molecule has 0 aliphatic carbocycles. The molecule has 3 rings (SSSR count). The van der Waals surface area contributed by atoms with Crippen molar-refractivity contribution in [2.24, 2.45) is 4.99 Å². The maximum Gasteiger partial charge on any atom is 0.257 e. The highest BCUT2D eigenvalue weighted by Gasteiger charge is 2.19. The van der Waals surface area contributed by atoms with Gasteiger partial charge in [0.2, 0.25) is 0 Å². The monoisotopic (exact) mass is 312 g/mol. The Bertz CT molecular complexity index is 577. The lowest BCUT2D eigenvalue weighted by Gasteiger charge is -2.11. The summed E-state index contributed by atoms with van der Waals surface area (Å²) >= 11 is 7.69. The molecule has 106 valence electrons. The molecule has 0 spiro atoms. The Morgan fingerprint density at radius 1 is 1.35 bits per heavy atom. The predicted molar refractivity (Wildman–Crippen MR) is 79.3 cm³/mol. The van der Waals surface area contributed by atoms with Crippen LogP contribution in [-0.2, 0) is 0 Å². The molecule has 0 unspecified atom stereocenters. The van der Waals surface area contributed by atoms with E-state index < -0.39 is 0 Å². The second-order valence-corrected chi connectivity index (χ2v) is 5.82. The fraction of sp³-hybridized carbons (Fsp3) is 0.385. The molecule has 7 heteroatoms. The minimum Gasteiger partial charge on any atom is -0.489 e. The second-order valence-electron chi connectivity index (χ2n) is 4.33. The van der Waals surface area contributed by atoms with E-state index in [1.807, 2.05) is 0 Å². The molecule has 0 radical (unpaired) electrons. The maximum atomic E-state index is 12.2. The summed E-state index contributed by atoms with van der Waals surface area (Å²) in [7, 11) is 0. The zero-order chi connectivity index (χ0) is 13.9. The van der Waals surface area contributed by atoms with Gasteiger partial charge in [0.15, 0.2) is 16.7 Å². The molecular weight excluding hydrogens is 300 g/mol. The van der Waals surface area contributed by atoms with Crippen LogP contribution in [0.5, 0.6) is 11.5 Å². The molecule has 0 saturated heterocycles. The Hall–Kier alpha value is -1.40. The third-order valence-electron chi connectivity index (χ3n) is 2.87. The van der Waals surface area contributed by atoms with Gasteiger partial charge in [0, 0.05) is 17.7 Å². The smallest absolute Gasteiger partial charge is 0.257 e. The van der Waals surface area contributed by atoms with E-state index in [-0.39, 0.29) is 5.91 Å². The molecule has 1 aromatic carbocycles. The summed E-state index contributed by atoms with van der Waals surface area (Å²) in [5.74, 6) is 1.68. The minimum atomic E-state index is -0.240. The summed E-state index contributed by atoms with van der Waals surface area (Å²) in [6, 6.07) is 3.24. The molecule has 0 saturated carbocycles. The van der Waals surface area contributed by atoms with E-state index in [1.165, 1.54) is 11.8 Å². The van der Waals surface area contributed by atoms with Crippen molar-refractivity contribution in [1.82, 2.24) is 5.32 Å². The first-order chi connectivity index (χ1) is 9.74. The number of rotatable bonds is 1. The predicted octanol–water partition coefficient (Wildman–Crippen LogP) is 2.33. The largest absolute Gasteiger partial charge is 0.489 e. The third-order valence-corrected chi connectivity index (χ3v) is 4.04. The first kappa shape index (κ1) is 13.6. The minimum absolute atomic E-state index is 0.240. The normalized spacial score (nSPS) is 17.4. The molecular formula is C13H13ClN2O3S. The van der Waals surface area contributed by atoms with Gasteiger partial charge in [-0.25, -0.2) is 0 Å². The van der Waals surface area contributed by atoms with Crippen molar-refractivity contribution in [1.29, 1.82) is 0 Å². The number of benzene rings is 1. The lowest BCUT2D eigenvalue weighted by atomic mass is 10.2. The summed E-state index contributed by atoms with van der Waals surface area (Å²) in [4.78, 5) is 16.3. The molecule has 0 aromatic heterocycles. The van der Waals surface area contributed by atoms with Crippen LogP contribution >= 0.6 is 23.4 Å². The van der Waals surface area contributed by atoms with Gasteiger partial charge >= 0.3 is 0 Å². The SMILES string of the molecule is O=C(NC1=NCCS1)c1cc(Cl)c2c(c1)OCCCO2. The van der Waals surface area contributed by atoms with Crippen LogP contribution in [-0.4, -0.2) is 36.6 Å². The number of nitrogens with zero attached hydrogens (tertiary/aromatic N) is 1. The number of fused-ring (bicyclic) bond motifs is 1. The number of aliphatic imine (C=N–C) groups is 1. The van der Waals surface area contributed by atoms with Crippen LogP contribution in [0.15, 0.2) is 17.1 Å². The molecule has 1 amide bonds. The fourth-order valence-electron chi connectivity index (χ4n) is 1.94. The number of hydrogen-bond donors (Lipinski definition) is 1. The zero-order valence-corrected chi connectivity index (χ0v) is 12.2. The molecule has 1 N–H and O–H groups in total. The van der Waals surface area contributed by atoms with Gasteiger partial charge in [-0.1, -0.05) is 23.4 Å². The molecule has 0 atom stereocenters. The molecule has 2 aliphatic rings. The van der Waals surface area contributed by atoms with E-state index in [2.05, 4.69) is 10.3 Å². The number of thioether (sulfide) groups is 1. The summed E-state index contributed by atoms with van der Waals surface area (Å²) < 4.78 is 11.1. The Morgan fingerprint density at radius 2 is 2.20 bits per heavy atom. The average Bonchev–Trinajstić information content (AvgIpc) is 2.81. The number of halogens is 1. The van der Waals surface area contributed by atoms with Gasteiger partial charge in [-0.3, -0.25) is 9.79 Å². The average molecular weight is 313 g/mol. The topological polar surface area (TPSA) is 59.9 Å². The number of carbonyl (C=O) groups excluding carboxylic acids is 1. The first-order valence-electron chi connectivity index (χ1n) is 6.32. The summed E-state index contributed by atoms with van der Waals surface area (Å²) in [6.45, 7) is 1.85. The first-order valence-corrected chi connectivity index (χ1v) is 7.68. The maximum absolute atomic E-state index is 12.2. The number of ether oxygens (including phenoxy) is 2. The van der Waals surface area contributed by atoms with E-state index in [0.717, 1.165) is 18.7 Å². The van der Waals surface area contributed by atoms with Crippen LogP contribution in [0.4, 0.5) is 0 Å². The highest BCUT2D eigenvalue weighted by molar-refractivity contribution is 8.14. The summed E-state index contributed by atoms with van der Waals surface area (Å²) in [5, 5.41) is 3.80. The zero-order valence-electron chi connectivity index (χ0n) is 10.6. The van der Waals surface area contributed by atoms with Crippen LogP contribution in [0.1, 0.15) is 16.8 Å². The van der Waals surface area contributed by atoms with Gasteiger partial charge in [0.25, 0.3) is 5.91 Å². The Morgan fingerprint density at radius 3 is 3.00 bits per heavy atom. The van der Waals surface area contributed by atoms with Crippen molar-refractivity contribution in [2.75, 3.05) is 25.5 Å². The Kier molecular flexibility index (Phi) is 4.03. The molecule has 5 nitrogen and oxygen atoms in total. The van der Waals surface area contributed by atoms with E-state index >= 15 is 0 Å². The van der Waals surface area contributed by atoms with E-state index in [9.17, 15) is 4.79 Å². The van der Waals surface area contributed by atoms with Crippen molar-refractivity contribution in [3.63, 3.8) is 0 Å². The van der Waals surface area contributed by atoms with Crippen molar-refractivity contribution in [3.8, 4) is 11.5 Å². The molecule has 2 aliphatic heterocycles. The van der Waals surface area contributed by atoms with Gasteiger partial charge in [-0.15, -0.1) is 0 Å². The van der Waals surface area contributed by atoms with E-state index in [1.54, 1.807) is 12.1 Å². The Balaban J connectivity index is 1.84. The highest BCUT2D eigenvalue weighted by atomic mass is 35.5. The van der Waals surface area contributed by atoms with Gasteiger partial charge in [-0.2, -0.15) is 0 Å². The van der Waals surface area contributed by atoms with Crippen LogP contribution < -0.4 is 14.8 Å². The summed E-state index contributed by atoms with van der Waals surface area (Å²) in [5.41, 5.74) is 0.439. The van der Waals surface area contributed by atoms with E-state index in [4.69, 9.17) is 21.1 Å². The number of nitrogens with one attached hydrogen (secondary N) is 1. The van der Waals surface area contributed by atoms with Crippen LogP contribution in [0.25, 0.3) is 0 Å².